The molecule has 0 radical (unpaired) electrons. The van der Waals surface area contributed by atoms with Crippen LogP contribution in [0.4, 0.5) is 4.39 Å². The van der Waals surface area contributed by atoms with Gasteiger partial charge in [-0.25, -0.2) is 4.39 Å². The smallest absolute Gasteiger partial charge is 0.165 e. The molecule has 1 unspecified atom stereocenters. The summed E-state index contributed by atoms with van der Waals surface area (Å²) in [6, 6.07) is 5.41. The normalized spacial score (nSPS) is 18.7. The number of rotatable bonds is 6. The molecule has 0 aliphatic carbocycles. The van der Waals surface area contributed by atoms with E-state index in [4.69, 9.17) is 4.74 Å². The lowest BCUT2D eigenvalue weighted by atomic mass is 10.1. The minimum Gasteiger partial charge on any atom is -0.494 e. The quantitative estimate of drug-likeness (QED) is 0.867. The highest BCUT2D eigenvalue weighted by Crippen LogP contribution is 2.19. The van der Waals surface area contributed by atoms with Crippen molar-refractivity contribution in [2.75, 3.05) is 39.9 Å². The Morgan fingerprint density at radius 1 is 1.29 bits per heavy atom. The molecule has 1 fully saturated rings. The number of aliphatic hydroxyl groups excluding tert-OH is 1. The summed E-state index contributed by atoms with van der Waals surface area (Å²) < 4.78 is 18.6. The van der Waals surface area contributed by atoms with Gasteiger partial charge in [0.15, 0.2) is 11.6 Å². The van der Waals surface area contributed by atoms with E-state index in [0.29, 0.717) is 0 Å². The summed E-state index contributed by atoms with van der Waals surface area (Å²) in [5.74, 6) is -0.0164. The van der Waals surface area contributed by atoms with Gasteiger partial charge in [-0.2, -0.15) is 0 Å². The fourth-order valence-corrected chi connectivity index (χ4v) is 2.86. The van der Waals surface area contributed by atoms with E-state index >= 15 is 0 Å². The standard InChI is InChI=1S/C16H25FN2O2/c1-3-14(12-20)19-8-6-18(7-9-19)11-13-4-5-16(21-2)15(17)10-13/h4-5,10,14,20H,3,6-9,11-12H2,1-2H3. The number of methoxy groups -OCH3 is 1. The van der Waals surface area contributed by atoms with Gasteiger partial charge in [0, 0.05) is 38.8 Å². The second-order valence-corrected chi connectivity index (χ2v) is 5.53. The number of halogens is 1. The first-order chi connectivity index (χ1) is 10.2. The zero-order valence-electron chi connectivity index (χ0n) is 12.9. The van der Waals surface area contributed by atoms with Crippen LogP contribution >= 0.6 is 0 Å². The van der Waals surface area contributed by atoms with E-state index in [9.17, 15) is 9.50 Å². The van der Waals surface area contributed by atoms with Gasteiger partial charge in [-0.05, 0) is 24.1 Å². The first kappa shape index (κ1) is 16.2. The molecule has 1 aromatic rings. The van der Waals surface area contributed by atoms with Crippen molar-refractivity contribution < 1.29 is 14.2 Å². The van der Waals surface area contributed by atoms with Crippen LogP contribution in [-0.2, 0) is 6.54 Å². The molecular formula is C16H25FN2O2. The predicted octanol–water partition coefficient (Wildman–Crippen LogP) is 1.72. The Balaban J connectivity index is 1.87. The molecule has 1 saturated heterocycles. The topological polar surface area (TPSA) is 35.9 Å². The van der Waals surface area contributed by atoms with E-state index in [1.807, 2.05) is 6.07 Å². The monoisotopic (exact) mass is 296 g/mol. The van der Waals surface area contributed by atoms with Crippen LogP contribution in [0.25, 0.3) is 0 Å². The molecular weight excluding hydrogens is 271 g/mol. The predicted molar refractivity (Wildman–Crippen MR) is 81.0 cm³/mol. The van der Waals surface area contributed by atoms with Crippen molar-refractivity contribution in [1.82, 2.24) is 9.80 Å². The number of hydrogen-bond acceptors (Lipinski definition) is 4. The SMILES string of the molecule is CCC(CO)N1CCN(Cc2ccc(OC)c(F)c2)CC1. The summed E-state index contributed by atoms with van der Waals surface area (Å²) in [7, 11) is 1.47. The summed E-state index contributed by atoms with van der Waals surface area (Å²) in [6.45, 7) is 6.89. The third-order valence-electron chi connectivity index (χ3n) is 4.23. The Hall–Kier alpha value is -1.17. The number of benzene rings is 1. The zero-order chi connectivity index (χ0) is 15.2. The zero-order valence-corrected chi connectivity index (χ0v) is 12.9. The number of nitrogens with zero attached hydrogens (tertiary/aromatic N) is 2. The Kier molecular flexibility index (Phi) is 5.96. The molecule has 1 atom stereocenters. The minimum absolute atomic E-state index is 0.222. The average molecular weight is 296 g/mol. The molecule has 1 aliphatic heterocycles. The third-order valence-corrected chi connectivity index (χ3v) is 4.23. The van der Waals surface area contributed by atoms with Crippen LogP contribution in [0.1, 0.15) is 18.9 Å². The summed E-state index contributed by atoms with van der Waals surface area (Å²) in [5.41, 5.74) is 0.968. The molecule has 1 aromatic carbocycles. The van der Waals surface area contributed by atoms with E-state index in [1.165, 1.54) is 7.11 Å². The molecule has 1 heterocycles. The van der Waals surface area contributed by atoms with Crippen LogP contribution < -0.4 is 4.74 Å². The van der Waals surface area contributed by atoms with E-state index in [2.05, 4.69) is 16.7 Å². The summed E-state index contributed by atoms with van der Waals surface area (Å²) in [6.07, 6.45) is 0.972. The first-order valence-electron chi connectivity index (χ1n) is 7.57. The lowest BCUT2D eigenvalue weighted by Gasteiger charge is -2.38. The summed E-state index contributed by atoms with van der Waals surface area (Å²) in [4.78, 5) is 4.66. The fraction of sp³-hybridized carbons (Fsp3) is 0.625. The highest BCUT2D eigenvalue weighted by atomic mass is 19.1. The molecule has 1 N–H and O–H groups in total. The van der Waals surface area contributed by atoms with E-state index in [-0.39, 0.29) is 24.2 Å². The van der Waals surface area contributed by atoms with Gasteiger partial charge in [-0.15, -0.1) is 0 Å². The van der Waals surface area contributed by atoms with Gasteiger partial charge < -0.3 is 9.84 Å². The number of ether oxygens (including phenoxy) is 1. The minimum atomic E-state index is -0.306. The highest BCUT2D eigenvalue weighted by molar-refractivity contribution is 5.29. The lowest BCUT2D eigenvalue weighted by Crippen LogP contribution is -2.50. The van der Waals surface area contributed by atoms with Crippen LogP contribution in [0, 0.1) is 5.82 Å². The van der Waals surface area contributed by atoms with Gasteiger partial charge in [-0.1, -0.05) is 13.0 Å². The molecule has 21 heavy (non-hydrogen) atoms. The van der Waals surface area contributed by atoms with Crippen molar-refractivity contribution >= 4 is 0 Å². The molecule has 1 aliphatic rings. The summed E-state index contributed by atoms with van der Waals surface area (Å²) >= 11 is 0. The Bertz CT molecular complexity index is 444. The molecule has 118 valence electrons. The largest absolute Gasteiger partial charge is 0.494 e. The maximum absolute atomic E-state index is 13.7. The van der Waals surface area contributed by atoms with Crippen molar-refractivity contribution in [3.63, 3.8) is 0 Å². The van der Waals surface area contributed by atoms with Gasteiger partial charge in [0.05, 0.1) is 13.7 Å². The molecule has 5 heteroatoms. The van der Waals surface area contributed by atoms with Gasteiger partial charge in [-0.3, -0.25) is 9.80 Å². The number of hydrogen-bond donors (Lipinski definition) is 1. The maximum atomic E-state index is 13.7. The van der Waals surface area contributed by atoms with E-state index in [1.54, 1.807) is 12.1 Å². The molecule has 4 nitrogen and oxygen atoms in total. The molecule has 0 amide bonds. The maximum Gasteiger partial charge on any atom is 0.165 e. The van der Waals surface area contributed by atoms with Crippen LogP contribution in [0.15, 0.2) is 18.2 Å². The summed E-state index contributed by atoms with van der Waals surface area (Å²) in [5, 5.41) is 9.35. The molecule has 2 rings (SSSR count). The number of aliphatic hydroxyl groups is 1. The number of piperazine rings is 1. The lowest BCUT2D eigenvalue weighted by molar-refractivity contribution is 0.0608. The van der Waals surface area contributed by atoms with E-state index in [0.717, 1.165) is 44.7 Å². The van der Waals surface area contributed by atoms with Crippen LogP contribution in [0.2, 0.25) is 0 Å². The van der Waals surface area contributed by atoms with Crippen molar-refractivity contribution in [3.05, 3.63) is 29.6 Å². The van der Waals surface area contributed by atoms with Gasteiger partial charge in [0.25, 0.3) is 0 Å². The third kappa shape index (κ3) is 4.15. The molecule has 0 saturated carbocycles. The molecule has 0 bridgehead atoms. The molecule has 0 aromatic heterocycles. The van der Waals surface area contributed by atoms with Gasteiger partial charge in [0.2, 0.25) is 0 Å². The van der Waals surface area contributed by atoms with Crippen LogP contribution in [-0.4, -0.2) is 60.8 Å². The molecule has 0 spiro atoms. The fourth-order valence-electron chi connectivity index (χ4n) is 2.86. The second kappa shape index (κ2) is 7.73. The second-order valence-electron chi connectivity index (χ2n) is 5.53. The first-order valence-corrected chi connectivity index (χ1v) is 7.57. The van der Waals surface area contributed by atoms with Gasteiger partial charge >= 0.3 is 0 Å². The van der Waals surface area contributed by atoms with Crippen molar-refractivity contribution in [2.24, 2.45) is 0 Å². The Morgan fingerprint density at radius 3 is 2.52 bits per heavy atom. The van der Waals surface area contributed by atoms with Crippen molar-refractivity contribution in [2.45, 2.75) is 25.9 Å². The van der Waals surface area contributed by atoms with Crippen LogP contribution in [0.3, 0.4) is 0 Å². The highest BCUT2D eigenvalue weighted by Gasteiger charge is 2.22. The van der Waals surface area contributed by atoms with E-state index < -0.39 is 0 Å². The average Bonchev–Trinajstić information content (AvgIpc) is 2.50. The van der Waals surface area contributed by atoms with Crippen molar-refractivity contribution in [1.29, 1.82) is 0 Å². The van der Waals surface area contributed by atoms with Crippen molar-refractivity contribution in [3.8, 4) is 5.75 Å². The Labute approximate surface area is 126 Å². The van der Waals surface area contributed by atoms with Crippen LogP contribution in [0.5, 0.6) is 5.75 Å². The van der Waals surface area contributed by atoms with Gasteiger partial charge in [0.1, 0.15) is 0 Å². The Morgan fingerprint density at radius 2 is 2.00 bits per heavy atom.